The van der Waals surface area contributed by atoms with Crippen LogP contribution in [0.15, 0.2) is 44.0 Å². The molecule has 0 saturated carbocycles. The first-order valence-corrected chi connectivity index (χ1v) is 8.96. The zero-order valence-electron chi connectivity index (χ0n) is 15.8. The molecule has 0 unspecified atom stereocenters. The topological polar surface area (TPSA) is 100 Å². The van der Waals surface area contributed by atoms with Gasteiger partial charge in [0, 0.05) is 0 Å². The second-order valence-electron chi connectivity index (χ2n) is 6.69. The van der Waals surface area contributed by atoms with E-state index in [0.717, 1.165) is 12.0 Å². The summed E-state index contributed by atoms with van der Waals surface area (Å²) in [6.07, 6.45) is 5.02. The van der Waals surface area contributed by atoms with Crippen LogP contribution in [-0.2, 0) is 18.5 Å². The maximum atomic E-state index is 12.2. The van der Waals surface area contributed by atoms with E-state index in [9.17, 15) is 4.79 Å². The molecule has 0 amide bonds. The molecule has 7 heteroatoms. The van der Waals surface area contributed by atoms with E-state index < -0.39 is 11.3 Å². The Balaban J connectivity index is 1.87. The zero-order chi connectivity index (χ0) is 19.4. The van der Waals surface area contributed by atoms with Crippen molar-refractivity contribution >= 4 is 12.2 Å². The van der Waals surface area contributed by atoms with E-state index >= 15 is 0 Å². The van der Waals surface area contributed by atoms with E-state index in [0.29, 0.717) is 29.0 Å². The Hall–Kier alpha value is -2.93. The maximum Gasteiger partial charge on any atom is 0.420 e. The Bertz CT molecular complexity index is 1070. The van der Waals surface area contributed by atoms with Crippen molar-refractivity contribution < 1.29 is 8.83 Å². The summed E-state index contributed by atoms with van der Waals surface area (Å²) in [6, 6.07) is 9.88. The standard InChI is InChI=1S/C20H24N4O3/c1-4-9-16-15(5-2)24(19(25)26-16)13-17-22-23-18(27-17)20(3,21)12-14-10-7-6-8-11-14/h5-11H,4,12-13,21H2,1-3H3/b15-5+,16-9+/t20-/m1/s1. The molecule has 142 valence electrons. The molecule has 2 aromatic heterocycles. The Morgan fingerprint density at radius 1 is 1.22 bits per heavy atom. The van der Waals surface area contributed by atoms with Crippen molar-refractivity contribution in [3.05, 3.63) is 69.0 Å². The average molecular weight is 368 g/mol. The van der Waals surface area contributed by atoms with Gasteiger partial charge < -0.3 is 14.6 Å². The molecule has 3 aromatic rings. The minimum atomic E-state index is -0.811. The zero-order valence-corrected chi connectivity index (χ0v) is 15.8. The second-order valence-corrected chi connectivity index (χ2v) is 6.69. The first-order valence-electron chi connectivity index (χ1n) is 8.96. The van der Waals surface area contributed by atoms with E-state index in [1.807, 2.05) is 63.3 Å². The molecule has 1 aromatic carbocycles. The molecule has 0 bridgehead atoms. The van der Waals surface area contributed by atoms with Crippen LogP contribution >= 0.6 is 0 Å². The predicted molar refractivity (Wildman–Crippen MR) is 102 cm³/mol. The van der Waals surface area contributed by atoms with Gasteiger partial charge in [-0.15, -0.1) is 10.2 Å². The Morgan fingerprint density at radius 3 is 2.63 bits per heavy atom. The number of nitrogens with zero attached hydrogens (tertiary/aromatic N) is 3. The molecule has 7 nitrogen and oxygen atoms in total. The lowest BCUT2D eigenvalue weighted by atomic mass is 9.94. The van der Waals surface area contributed by atoms with Gasteiger partial charge >= 0.3 is 5.76 Å². The fourth-order valence-corrected chi connectivity index (χ4v) is 2.99. The van der Waals surface area contributed by atoms with Gasteiger partial charge in [0.25, 0.3) is 0 Å². The number of hydrogen-bond donors (Lipinski definition) is 1. The lowest BCUT2D eigenvalue weighted by Crippen LogP contribution is -2.36. The van der Waals surface area contributed by atoms with Crippen molar-refractivity contribution in [2.45, 2.75) is 45.7 Å². The lowest BCUT2D eigenvalue weighted by Gasteiger charge is -2.20. The van der Waals surface area contributed by atoms with Crippen molar-refractivity contribution in [2.75, 3.05) is 0 Å². The molecule has 0 aliphatic rings. The van der Waals surface area contributed by atoms with Crippen LogP contribution in [0, 0.1) is 0 Å². The smallest absolute Gasteiger partial charge is 0.420 e. The fourth-order valence-electron chi connectivity index (χ4n) is 2.99. The van der Waals surface area contributed by atoms with E-state index in [1.54, 1.807) is 0 Å². The van der Waals surface area contributed by atoms with Crippen LogP contribution in [0.2, 0.25) is 0 Å². The highest BCUT2D eigenvalue weighted by atomic mass is 16.4. The van der Waals surface area contributed by atoms with Crippen LogP contribution in [0.1, 0.15) is 44.5 Å². The maximum absolute atomic E-state index is 12.2. The Kier molecular flexibility index (Phi) is 5.41. The molecule has 0 aliphatic carbocycles. The lowest BCUT2D eigenvalue weighted by molar-refractivity contribution is 0.331. The third kappa shape index (κ3) is 4.09. The quantitative estimate of drug-likeness (QED) is 0.703. The molecule has 0 fully saturated rings. The SMILES string of the molecule is C/C=c1\c(=C/CC)oc(=O)n1Cc1nnc([C@](C)(N)Cc2ccccc2)o1. The molecular formula is C20H24N4O3. The summed E-state index contributed by atoms with van der Waals surface area (Å²) in [6.45, 7) is 5.81. The number of oxazole rings is 1. The van der Waals surface area contributed by atoms with Crippen LogP contribution in [0.25, 0.3) is 12.2 Å². The molecule has 0 spiro atoms. The molecule has 0 saturated heterocycles. The van der Waals surface area contributed by atoms with Crippen LogP contribution in [-0.4, -0.2) is 14.8 Å². The van der Waals surface area contributed by atoms with Crippen molar-refractivity contribution in [1.82, 2.24) is 14.8 Å². The molecule has 0 radical (unpaired) electrons. The number of nitrogens with two attached hydrogens (primary N) is 1. The van der Waals surface area contributed by atoms with Gasteiger partial charge in [-0.2, -0.15) is 0 Å². The van der Waals surface area contributed by atoms with Crippen molar-refractivity contribution in [3.8, 4) is 0 Å². The minimum Gasteiger partial charge on any atom is -0.421 e. The Labute approximate surface area is 156 Å². The van der Waals surface area contributed by atoms with Gasteiger partial charge in [-0.05, 0) is 38.3 Å². The summed E-state index contributed by atoms with van der Waals surface area (Å²) in [7, 11) is 0. The largest absolute Gasteiger partial charge is 0.421 e. The summed E-state index contributed by atoms with van der Waals surface area (Å²) in [5.74, 6) is 0.186. The molecule has 27 heavy (non-hydrogen) atoms. The summed E-state index contributed by atoms with van der Waals surface area (Å²) < 4.78 is 12.6. The van der Waals surface area contributed by atoms with Crippen LogP contribution < -0.4 is 22.3 Å². The van der Waals surface area contributed by atoms with E-state index in [4.69, 9.17) is 14.6 Å². The number of rotatable bonds is 6. The van der Waals surface area contributed by atoms with E-state index in [-0.39, 0.29) is 6.54 Å². The van der Waals surface area contributed by atoms with E-state index in [2.05, 4.69) is 10.2 Å². The summed E-state index contributed by atoms with van der Waals surface area (Å²) in [4.78, 5) is 12.2. The highest BCUT2D eigenvalue weighted by Crippen LogP contribution is 2.21. The first kappa shape index (κ1) is 18.8. The molecule has 1 atom stereocenters. The summed E-state index contributed by atoms with van der Waals surface area (Å²) in [5.41, 5.74) is 7.23. The van der Waals surface area contributed by atoms with Gasteiger partial charge in [0.2, 0.25) is 11.8 Å². The van der Waals surface area contributed by atoms with Crippen molar-refractivity contribution in [2.24, 2.45) is 5.73 Å². The van der Waals surface area contributed by atoms with Crippen LogP contribution in [0.3, 0.4) is 0 Å². The Morgan fingerprint density at radius 2 is 1.96 bits per heavy atom. The van der Waals surface area contributed by atoms with Crippen LogP contribution in [0.4, 0.5) is 0 Å². The molecule has 3 rings (SSSR count). The molecular weight excluding hydrogens is 344 g/mol. The predicted octanol–water partition coefficient (Wildman–Crippen LogP) is 1.28. The van der Waals surface area contributed by atoms with Crippen LogP contribution in [0.5, 0.6) is 0 Å². The normalized spacial score (nSPS) is 15.3. The third-order valence-corrected chi connectivity index (χ3v) is 4.29. The highest BCUT2D eigenvalue weighted by Gasteiger charge is 2.28. The van der Waals surface area contributed by atoms with E-state index in [1.165, 1.54) is 4.57 Å². The van der Waals surface area contributed by atoms with Gasteiger partial charge in [0.1, 0.15) is 6.54 Å². The minimum absolute atomic E-state index is 0.133. The summed E-state index contributed by atoms with van der Waals surface area (Å²) >= 11 is 0. The monoisotopic (exact) mass is 368 g/mol. The molecule has 0 aliphatic heterocycles. The second kappa shape index (κ2) is 7.75. The van der Waals surface area contributed by atoms with Gasteiger partial charge in [-0.3, -0.25) is 4.57 Å². The third-order valence-electron chi connectivity index (χ3n) is 4.29. The van der Waals surface area contributed by atoms with Gasteiger partial charge in [-0.1, -0.05) is 43.3 Å². The van der Waals surface area contributed by atoms with Crippen molar-refractivity contribution in [1.29, 1.82) is 0 Å². The summed E-state index contributed by atoms with van der Waals surface area (Å²) in [5, 5.41) is 8.87. The molecule has 2 heterocycles. The van der Waals surface area contributed by atoms with Gasteiger partial charge in [-0.25, -0.2) is 4.79 Å². The molecule has 2 N–H and O–H groups in total. The first-order chi connectivity index (χ1) is 12.9. The fraction of sp³-hybridized carbons (Fsp3) is 0.350. The highest BCUT2D eigenvalue weighted by molar-refractivity contribution is 5.22. The van der Waals surface area contributed by atoms with Crippen molar-refractivity contribution in [3.63, 3.8) is 0 Å². The van der Waals surface area contributed by atoms with Gasteiger partial charge in [0.05, 0.1) is 10.9 Å². The van der Waals surface area contributed by atoms with Gasteiger partial charge in [0.15, 0.2) is 5.42 Å². The average Bonchev–Trinajstić information content (AvgIpc) is 3.22. The number of aromatic nitrogens is 3. The number of benzene rings is 1. The number of hydrogen-bond acceptors (Lipinski definition) is 6.